The Labute approximate surface area is 210 Å². The Balaban J connectivity index is 1.54. The Bertz CT molecular complexity index is 1540. The van der Waals surface area contributed by atoms with E-state index in [1.54, 1.807) is 0 Å². The highest BCUT2D eigenvalue weighted by Crippen LogP contribution is 2.46. The van der Waals surface area contributed by atoms with E-state index < -0.39 is 0 Å². The van der Waals surface area contributed by atoms with Gasteiger partial charge in [-0.05, 0) is 47.4 Å². The van der Waals surface area contributed by atoms with Crippen LogP contribution in [0.15, 0.2) is 103 Å². The molecule has 1 aliphatic rings. The molecule has 0 aliphatic carbocycles. The highest BCUT2D eigenvalue weighted by Gasteiger charge is 2.40. The van der Waals surface area contributed by atoms with Crippen molar-refractivity contribution in [3.8, 4) is 11.3 Å². The minimum Gasteiger partial charge on any atom is -0.343 e. The van der Waals surface area contributed by atoms with Gasteiger partial charge in [-0.25, -0.2) is 0 Å². The normalized spacial score (nSPS) is 15.1. The molecule has 0 unspecified atom stereocenters. The number of fused-ring (bicyclic) bond motifs is 2. The second-order valence-electron chi connectivity index (χ2n) is 9.07. The molecule has 1 amide bonds. The lowest BCUT2D eigenvalue weighted by Gasteiger charge is -2.27. The molecule has 0 bridgehead atoms. The minimum absolute atomic E-state index is 0.0894. The van der Waals surface area contributed by atoms with Gasteiger partial charge in [0.1, 0.15) is 0 Å². The Morgan fingerprint density at radius 2 is 1.49 bits per heavy atom. The summed E-state index contributed by atoms with van der Waals surface area (Å²) in [6, 6.07) is 34.8. The molecule has 6 rings (SSSR count). The molecule has 172 valence electrons. The number of amides is 1. The predicted octanol–water partition coefficient (Wildman–Crippen LogP) is 7.29. The highest BCUT2D eigenvalue weighted by molar-refractivity contribution is 6.30. The van der Waals surface area contributed by atoms with Gasteiger partial charge in [-0.3, -0.25) is 4.79 Å². The maximum atomic E-state index is 13.7. The average Bonchev–Trinajstić information content (AvgIpc) is 3.35. The lowest BCUT2D eigenvalue weighted by molar-refractivity contribution is 0.0753. The molecule has 35 heavy (non-hydrogen) atoms. The first-order valence-electron chi connectivity index (χ1n) is 11.9. The first-order chi connectivity index (χ1) is 17.1. The van der Waals surface area contributed by atoms with E-state index >= 15 is 0 Å². The lowest BCUT2D eigenvalue weighted by Crippen LogP contribution is -2.31. The fourth-order valence-corrected chi connectivity index (χ4v) is 5.58. The summed E-state index contributed by atoms with van der Waals surface area (Å²) in [6.45, 7) is 0.622. The first-order valence-corrected chi connectivity index (χ1v) is 12.3. The number of benzene rings is 4. The van der Waals surface area contributed by atoms with E-state index in [4.69, 9.17) is 11.6 Å². The summed E-state index contributed by atoms with van der Waals surface area (Å²) in [7, 11) is 2.12. The quantitative estimate of drug-likeness (QED) is 0.261. The smallest absolute Gasteiger partial charge is 0.255 e. The van der Waals surface area contributed by atoms with Gasteiger partial charge >= 0.3 is 0 Å². The van der Waals surface area contributed by atoms with Crippen molar-refractivity contribution in [3.63, 3.8) is 0 Å². The summed E-state index contributed by atoms with van der Waals surface area (Å²) in [5, 5.41) is 1.90. The number of hydrogen-bond acceptors (Lipinski definition) is 1. The second-order valence-corrected chi connectivity index (χ2v) is 9.51. The molecule has 0 fully saturated rings. The largest absolute Gasteiger partial charge is 0.343 e. The number of hydrogen-bond donors (Lipinski definition) is 0. The van der Waals surface area contributed by atoms with Gasteiger partial charge in [-0.15, -0.1) is 0 Å². The average molecular weight is 477 g/mol. The standard InChI is InChI=1S/C31H25ClN2O/c1-33-27-14-8-7-13-26(27)28(29(33)22-9-3-2-4-10-22)30-24-11-5-6-12-25(24)31(35)34(30)20-19-21-15-17-23(32)18-16-21/h2-18,30H,19-20H2,1H3/t30-/m1/s1. The summed E-state index contributed by atoms with van der Waals surface area (Å²) in [5.74, 6) is 0.0894. The summed E-state index contributed by atoms with van der Waals surface area (Å²) in [6.07, 6.45) is 0.763. The van der Waals surface area contributed by atoms with Gasteiger partial charge < -0.3 is 9.47 Å². The third-order valence-electron chi connectivity index (χ3n) is 7.08. The van der Waals surface area contributed by atoms with E-state index in [1.165, 1.54) is 10.9 Å². The number of aromatic nitrogens is 1. The molecule has 0 radical (unpaired) electrons. The summed E-state index contributed by atoms with van der Waals surface area (Å²) in [4.78, 5) is 15.8. The van der Waals surface area contributed by atoms with Crippen molar-refractivity contribution in [3.05, 3.63) is 130 Å². The van der Waals surface area contributed by atoms with Crippen molar-refractivity contribution in [1.29, 1.82) is 0 Å². The van der Waals surface area contributed by atoms with Crippen molar-refractivity contribution in [1.82, 2.24) is 9.47 Å². The molecule has 3 nitrogen and oxygen atoms in total. The van der Waals surface area contributed by atoms with Crippen LogP contribution in [0.25, 0.3) is 22.2 Å². The monoisotopic (exact) mass is 476 g/mol. The highest BCUT2D eigenvalue weighted by atomic mass is 35.5. The van der Waals surface area contributed by atoms with E-state index in [0.29, 0.717) is 6.54 Å². The molecule has 2 heterocycles. The molecule has 5 aromatic rings. The van der Waals surface area contributed by atoms with Gasteiger partial charge in [0.15, 0.2) is 0 Å². The van der Waals surface area contributed by atoms with E-state index in [2.05, 4.69) is 66.2 Å². The van der Waals surface area contributed by atoms with Crippen LogP contribution >= 0.6 is 11.6 Å². The molecular formula is C31H25ClN2O. The molecule has 0 N–H and O–H groups in total. The van der Waals surface area contributed by atoms with E-state index in [0.717, 1.165) is 44.9 Å². The van der Waals surface area contributed by atoms with Crippen molar-refractivity contribution in [2.24, 2.45) is 7.05 Å². The van der Waals surface area contributed by atoms with Crippen molar-refractivity contribution in [2.75, 3.05) is 6.54 Å². The zero-order chi connectivity index (χ0) is 23.9. The van der Waals surface area contributed by atoms with Gasteiger partial charge in [0, 0.05) is 40.6 Å². The third kappa shape index (κ3) is 3.64. The molecular weight excluding hydrogens is 452 g/mol. The Morgan fingerprint density at radius 1 is 0.800 bits per heavy atom. The van der Waals surface area contributed by atoms with Crippen molar-refractivity contribution >= 4 is 28.4 Å². The summed E-state index contributed by atoms with van der Waals surface area (Å²) < 4.78 is 2.27. The third-order valence-corrected chi connectivity index (χ3v) is 7.33. The van der Waals surface area contributed by atoms with Crippen LogP contribution in [0.2, 0.25) is 5.02 Å². The van der Waals surface area contributed by atoms with Crippen LogP contribution in [0.4, 0.5) is 0 Å². The van der Waals surface area contributed by atoms with Gasteiger partial charge in [-0.1, -0.05) is 90.5 Å². The molecule has 0 spiro atoms. The summed E-state index contributed by atoms with van der Waals surface area (Å²) >= 11 is 6.09. The van der Waals surface area contributed by atoms with Gasteiger partial charge in [-0.2, -0.15) is 0 Å². The topological polar surface area (TPSA) is 25.2 Å². The maximum Gasteiger partial charge on any atom is 0.255 e. The second kappa shape index (κ2) is 8.75. The Morgan fingerprint density at radius 3 is 2.29 bits per heavy atom. The fourth-order valence-electron chi connectivity index (χ4n) is 5.46. The molecule has 1 aliphatic heterocycles. The lowest BCUT2D eigenvalue weighted by atomic mass is 9.93. The van der Waals surface area contributed by atoms with Gasteiger partial charge in [0.25, 0.3) is 5.91 Å². The predicted molar refractivity (Wildman–Crippen MR) is 143 cm³/mol. The molecule has 0 saturated carbocycles. The number of para-hydroxylation sites is 1. The maximum absolute atomic E-state index is 13.7. The SMILES string of the molecule is Cn1c(-c2ccccc2)c([C@H]2c3ccccc3C(=O)N2CCc2ccc(Cl)cc2)c2ccccc21. The molecule has 0 saturated heterocycles. The number of nitrogens with zero attached hydrogens (tertiary/aromatic N) is 2. The van der Waals surface area contributed by atoms with E-state index in [1.807, 2.05) is 53.4 Å². The number of carbonyl (C=O) groups excluding carboxylic acids is 1. The van der Waals surface area contributed by atoms with Crippen LogP contribution in [0.5, 0.6) is 0 Å². The number of aryl methyl sites for hydroxylation is 1. The van der Waals surface area contributed by atoms with Crippen LogP contribution in [-0.2, 0) is 13.5 Å². The zero-order valence-electron chi connectivity index (χ0n) is 19.5. The number of rotatable bonds is 5. The van der Waals surface area contributed by atoms with Gasteiger partial charge in [0.2, 0.25) is 0 Å². The molecule has 4 heteroatoms. The van der Waals surface area contributed by atoms with Crippen molar-refractivity contribution in [2.45, 2.75) is 12.5 Å². The zero-order valence-corrected chi connectivity index (χ0v) is 20.2. The van der Waals surface area contributed by atoms with Crippen LogP contribution in [0.3, 0.4) is 0 Å². The van der Waals surface area contributed by atoms with Gasteiger partial charge in [0.05, 0.1) is 11.7 Å². The van der Waals surface area contributed by atoms with Crippen LogP contribution in [0.1, 0.15) is 33.1 Å². The number of halogens is 1. The molecule has 4 aromatic carbocycles. The van der Waals surface area contributed by atoms with E-state index in [-0.39, 0.29) is 11.9 Å². The Kier molecular flexibility index (Phi) is 5.43. The van der Waals surface area contributed by atoms with Crippen molar-refractivity contribution < 1.29 is 4.79 Å². The first kappa shape index (κ1) is 21.7. The Hall–Kier alpha value is -3.82. The van der Waals surface area contributed by atoms with Crippen LogP contribution < -0.4 is 0 Å². The van der Waals surface area contributed by atoms with Crippen LogP contribution in [-0.4, -0.2) is 21.9 Å². The summed E-state index contributed by atoms with van der Waals surface area (Å²) in [5.41, 5.74) is 7.67. The fraction of sp³-hybridized carbons (Fsp3) is 0.129. The molecule has 1 aromatic heterocycles. The number of carbonyl (C=O) groups is 1. The molecule has 1 atom stereocenters. The van der Waals surface area contributed by atoms with Crippen LogP contribution in [0, 0.1) is 0 Å². The minimum atomic E-state index is -0.160. The van der Waals surface area contributed by atoms with E-state index in [9.17, 15) is 4.79 Å².